The molecule has 2 N–H and O–H groups in total. The summed E-state index contributed by atoms with van der Waals surface area (Å²) in [7, 11) is 0. The molecule has 0 fully saturated rings. The first-order chi connectivity index (χ1) is 9.25. The molecule has 1 rings (SSSR count). The predicted octanol–water partition coefficient (Wildman–Crippen LogP) is 3.29. The molecule has 0 aliphatic heterocycles. The van der Waals surface area contributed by atoms with E-state index in [1.54, 1.807) is 11.8 Å². The highest BCUT2D eigenvalue weighted by Gasteiger charge is 2.17. The number of benzene rings is 1. The zero-order valence-electron chi connectivity index (χ0n) is 12.4. The molecule has 0 atom stereocenters. The second-order valence-electron chi connectivity index (χ2n) is 5.75. The predicted molar refractivity (Wildman–Crippen MR) is 88.2 cm³/mol. The monoisotopic (exact) mass is 359 g/mol. The molecule has 112 valence electrons. The summed E-state index contributed by atoms with van der Waals surface area (Å²) < 4.78 is 1.09. The van der Waals surface area contributed by atoms with Crippen LogP contribution < -0.4 is 5.32 Å². The number of amides is 1. The SMILES string of the molecule is Cc1cc(SCC(=O)NCC(C)(C)CO)c(C)cc1Br. The summed E-state index contributed by atoms with van der Waals surface area (Å²) in [6.07, 6.45) is 0. The van der Waals surface area contributed by atoms with Crippen molar-refractivity contribution in [3.8, 4) is 0 Å². The third-order valence-electron chi connectivity index (χ3n) is 3.01. The van der Waals surface area contributed by atoms with E-state index in [4.69, 9.17) is 5.11 Å². The minimum Gasteiger partial charge on any atom is -0.396 e. The Morgan fingerprint density at radius 3 is 2.60 bits per heavy atom. The molecule has 0 aliphatic rings. The van der Waals surface area contributed by atoms with Crippen molar-refractivity contribution in [1.29, 1.82) is 0 Å². The Kier molecular flexibility index (Phi) is 6.55. The van der Waals surface area contributed by atoms with E-state index in [9.17, 15) is 4.79 Å². The van der Waals surface area contributed by atoms with Crippen molar-refractivity contribution >= 4 is 33.6 Å². The third-order valence-corrected chi connectivity index (χ3v) is 5.02. The number of halogens is 1. The van der Waals surface area contributed by atoms with E-state index in [2.05, 4.69) is 33.4 Å². The molecule has 0 saturated heterocycles. The molecular formula is C15H22BrNO2S. The average Bonchev–Trinajstić information content (AvgIpc) is 2.39. The number of nitrogens with one attached hydrogen (secondary N) is 1. The first-order valence-corrected chi connectivity index (χ1v) is 8.30. The molecule has 0 bridgehead atoms. The maximum Gasteiger partial charge on any atom is 0.230 e. The lowest BCUT2D eigenvalue weighted by Crippen LogP contribution is -2.36. The van der Waals surface area contributed by atoms with Gasteiger partial charge in [-0.3, -0.25) is 4.79 Å². The van der Waals surface area contributed by atoms with Crippen LogP contribution in [0.2, 0.25) is 0 Å². The van der Waals surface area contributed by atoms with E-state index in [0.717, 1.165) is 14.9 Å². The molecule has 0 unspecified atom stereocenters. The lowest BCUT2D eigenvalue weighted by atomic mass is 9.95. The van der Waals surface area contributed by atoms with Gasteiger partial charge >= 0.3 is 0 Å². The zero-order chi connectivity index (χ0) is 15.3. The second-order valence-corrected chi connectivity index (χ2v) is 7.63. The van der Waals surface area contributed by atoms with E-state index < -0.39 is 0 Å². The van der Waals surface area contributed by atoms with Gasteiger partial charge in [0.2, 0.25) is 5.91 Å². The summed E-state index contributed by atoms with van der Waals surface area (Å²) in [6, 6.07) is 4.17. The number of aliphatic hydroxyl groups is 1. The van der Waals surface area contributed by atoms with Gasteiger partial charge in [0.05, 0.1) is 5.75 Å². The molecule has 0 radical (unpaired) electrons. The van der Waals surface area contributed by atoms with Crippen LogP contribution in [0.5, 0.6) is 0 Å². The van der Waals surface area contributed by atoms with Crippen molar-refractivity contribution in [3.63, 3.8) is 0 Å². The van der Waals surface area contributed by atoms with Gasteiger partial charge in [-0.2, -0.15) is 0 Å². The highest BCUT2D eigenvalue weighted by atomic mass is 79.9. The summed E-state index contributed by atoms with van der Waals surface area (Å²) in [6.45, 7) is 8.47. The molecular weight excluding hydrogens is 338 g/mol. The number of thioether (sulfide) groups is 1. The standard InChI is InChI=1S/C15H22BrNO2S/c1-10-6-13(11(2)5-12(10)16)20-7-14(19)17-8-15(3,4)9-18/h5-6,18H,7-9H2,1-4H3,(H,17,19). The molecule has 0 aliphatic carbocycles. The average molecular weight is 360 g/mol. The van der Waals surface area contributed by atoms with Crippen LogP contribution in [0.4, 0.5) is 0 Å². The van der Waals surface area contributed by atoms with E-state index in [1.165, 1.54) is 5.56 Å². The number of carbonyl (C=O) groups is 1. The number of hydrogen-bond donors (Lipinski definition) is 2. The number of hydrogen-bond acceptors (Lipinski definition) is 3. The number of aliphatic hydroxyl groups excluding tert-OH is 1. The first kappa shape index (κ1) is 17.5. The van der Waals surface area contributed by atoms with Crippen LogP contribution in [-0.2, 0) is 4.79 Å². The van der Waals surface area contributed by atoms with E-state index in [0.29, 0.717) is 12.3 Å². The fourth-order valence-corrected chi connectivity index (χ4v) is 2.89. The second kappa shape index (κ2) is 7.48. The van der Waals surface area contributed by atoms with Gasteiger partial charge in [0.1, 0.15) is 0 Å². The smallest absolute Gasteiger partial charge is 0.230 e. The van der Waals surface area contributed by atoms with Crippen LogP contribution in [0.25, 0.3) is 0 Å². The molecule has 0 aromatic heterocycles. The maximum absolute atomic E-state index is 11.8. The molecule has 0 spiro atoms. The van der Waals surface area contributed by atoms with Crippen molar-refractivity contribution in [1.82, 2.24) is 5.32 Å². The highest BCUT2D eigenvalue weighted by Crippen LogP contribution is 2.28. The Balaban J connectivity index is 2.51. The number of rotatable bonds is 6. The minimum absolute atomic E-state index is 0.00324. The zero-order valence-corrected chi connectivity index (χ0v) is 14.8. The van der Waals surface area contributed by atoms with Gasteiger partial charge in [0.25, 0.3) is 0 Å². The molecule has 1 amide bonds. The largest absolute Gasteiger partial charge is 0.396 e. The summed E-state index contributed by atoms with van der Waals surface area (Å²) >= 11 is 5.04. The Morgan fingerprint density at radius 1 is 1.35 bits per heavy atom. The van der Waals surface area contributed by atoms with Crippen molar-refractivity contribution in [2.24, 2.45) is 5.41 Å². The lowest BCUT2D eigenvalue weighted by molar-refractivity contribution is -0.119. The Bertz CT molecular complexity index is 489. The topological polar surface area (TPSA) is 49.3 Å². The molecule has 1 aromatic rings. The first-order valence-electron chi connectivity index (χ1n) is 6.52. The Labute approximate surface area is 133 Å². The van der Waals surface area contributed by atoms with Gasteiger partial charge in [-0.25, -0.2) is 0 Å². The van der Waals surface area contributed by atoms with Gasteiger partial charge in [0, 0.05) is 27.9 Å². The quantitative estimate of drug-likeness (QED) is 0.766. The van der Waals surface area contributed by atoms with Gasteiger partial charge in [-0.15, -0.1) is 11.8 Å². The number of aryl methyl sites for hydroxylation is 2. The van der Waals surface area contributed by atoms with Crippen molar-refractivity contribution < 1.29 is 9.90 Å². The Morgan fingerprint density at radius 2 is 2.00 bits per heavy atom. The van der Waals surface area contributed by atoms with E-state index >= 15 is 0 Å². The lowest BCUT2D eigenvalue weighted by Gasteiger charge is -2.21. The van der Waals surface area contributed by atoms with Gasteiger partial charge in [-0.05, 0) is 37.1 Å². The van der Waals surface area contributed by atoms with Crippen LogP contribution in [0.15, 0.2) is 21.5 Å². The van der Waals surface area contributed by atoms with Crippen LogP contribution in [0, 0.1) is 19.3 Å². The summed E-state index contributed by atoms with van der Waals surface area (Å²) in [5, 5.41) is 12.0. The molecule has 20 heavy (non-hydrogen) atoms. The Hall–Kier alpha value is -0.520. The van der Waals surface area contributed by atoms with E-state index in [1.807, 2.05) is 27.7 Å². The maximum atomic E-state index is 11.8. The van der Waals surface area contributed by atoms with Crippen molar-refractivity contribution in [2.45, 2.75) is 32.6 Å². The molecule has 1 aromatic carbocycles. The van der Waals surface area contributed by atoms with Crippen LogP contribution >= 0.6 is 27.7 Å². The normalized spacial score (nSPS) is 11.5. The highest BCUT2D eigenvalue weighted by molar-refractivity contribution is 9.10. The molecule has 5 heteroatoms. The minimum atomic E-state index is -0.273. The molecule has 0 saturated carbocycles. The van der Waals surface area contributed by atoms with Gasteiger partial charge < -0.3 is 10.4 Å². The van der Waals surface area contributed by atoms with Gasteiger partial charge in [0.15, 0.2) is 0 Å². The summed E-state index contributed by atoms with van der Waals surface area (Å²) in [5.41, 5.74) is 2.06. The van der Waals surface area contributed by atoms with Crippen molar-refractivity contribution in [3.05, 3.63) is 27.7 Å². The van der Waals surface area contributed by atoms with E-state index in [-0.39, 0.29) is 17.9 Å². The fourth-order valence-electron chi connectivity index (χ4n) is 1.50. The number of carbonyl (C=O) groups excluding carboxylic acids is 1. The van der Waals surface area contributed by atoms with Crippen LogP contribution in [-0.4, -0.2) is 29.9 Å². The summed E-state index contributed by atoms with van der Waals surface area (Å²) in [5.74, 6) is 0.389. The van der Waals surface area contributed by atoms with Crippen LogP contribution in [0.1, 0.15) is 25.0 Å². The molecule has 3 nitrogen and oxygen atoms in total. The molecule has 0 heterocycles. The summed E-state index contributed by atoms with van der Waals surface area (Å²) in [4.78, 5) is 12.9. The van der Waals surface area contributed by atoms with Gasteiger partial charge in [-0.1, -0.05) is 29.8 Å². The van der Waals surface area contributed by atoms with Crippen molar-refractivity contribution in [2.75, 3.05) is 18.9 Å². The fraction of sp³-hybridized carbons (Fsp3) is 0.533. The third kappa shape index (κ3) is 5.46. The van der Waals surface area contributed by atoms with Crippen LogP contribution in [0.3, 0.4) is 0 Å².